The number of anilines is 5. The first-order valence-corrected chi connectivity index (χ1v) is 20.8. The lowest BCUT2D eigenvalue weighted by Gasteiger charge is -2.42. The van der Waals surface area contributed by atoms with Crippen LogP contribution in [0.25, 0.3) is 27.6 Å². The monoisotopic (exact) mass is 801 g/mol. The highest BCUT2D eigenvalue weighted by Gasteiger charge is 2.42. The van der Waals surface area contributed by atoms with E-state index in [-0.39, 0.29) is 10.8 Å². The predicted octanol–water partition coefficient (Wildman–Crippen LogP) is 14.1. The largest absolute Gasteiger partial charge is 0.457 e. The molecule has 300 valence electrons. The number of para-hydroxylation sites is 2. The van der Waals surface area contributed by atoms with Gasteiger partial charge in [0.1, 0.15) is 34.4 Å². The van der Waals surface area contributed by atoms with E-state index in [0.717, 1.165) is 96.7 Å². The summed E-state index contributed by atoms with van der Waals surface area (Å²) in [6.45, 7) is 14.1. The quantitative estimate of drug-likeness (QED) is 0.170. The molecule has 0 atom stereocenters. The zero-order valence-electron chi connectivity index (χ0n) is 34.9. The van der Waals surface area contributed by atoms with Crippen LogP contribution in [0.3, 0.4) is 0 Å². The second-order valence-electron chi connectivity index (χ2n) is 18.3. The van der Waals surface area contributed by atoms with Crippen molar-refractivity contribution in [1.82, 2.24) is 9.55 Å². The minimum Gasteiger partial charge on any atom is -0.457 e. The third-order valence-electron chi connectivity index (χ3n) is 12.2. The fraction of sp³-hybridized carbons (Fsp3) is 0.173. The third kappa shape index (κ3) is 5.57. The molecule has 0 amide bonds. The summed E-state index contributed by atoms with van der Waals surface area (Å²) in [6.07, 6.45) is 6.09. The summed E-state index contributed by atoms with van der Waals surface area (Å²) in [4.78, 5) is 11.5. The van der Waals surface area contributed by atoms with Crippen LogP contribution in [0.15, 0.2) is 140 Å². The van der Waals surface area contributed by atoms with Crippen LogP contribution in [0.1, 0.15) is 52.7 Å². The molecule has 0 bridgehead atoms. The number of nitrogens with zero attached hydrogens (tertiary/aromatic N) is 5. The fourth-order valence-electron chi connectivity index (χ4n) is 8.98. The SMILES string of the molecule is CC(C)(C)c1ccnc(-n2c3ccc(C(C)(C)C)cc3c3ccc(Oc4cccc(N5C=CN(c6cc7c8c(c6)Oc6cccc9c6N8c6c(cccc6O7)O9)C5)c4)cc32)c1. The molecule has 0 saturated heterocycles. The first-order valence-electron chi connectivity index (χ1n) is 20.8. The number of ether oxygens (including phenoxy) is 4. The Morgan fingerprint density at radius 1 is 0.508 bits per heavy atom. The van der Waals surface area contributed by atoms with Gasteiger partial charge < -0.3 is 28.7 Å². The van der Waals surface area contributed by atoms with Crippen molar-refractivity contribution in [3.05, 3.63) is 151 Å². The Morgan fingerprint density at radius 3 is 1.77 bits per heavy atom. The first kappa shape index (κ1) is 35.5. The van der Waals surface area contributed by atoms with Crippen LogP contribution >= 0.6 is 0 Å². The van der Waals surface area contributed by atoms with E-state index < -0.39 is 0 Å². The van der Waals surface area contributed by atoms with Gasteiger partial charge in [0, 0.05) is 65.0 Å². The van der Waals surface area contributed by atoms with E-state index in [1.807, 2.05) is 54.7 Å². The summed E-state index contributed by atoms with van der Waals surface area (Å²) >= 11 is 0. The molecule has 0 spiro atoms. The number of hydrogen-bond acceptors (Lipinski definition) is 8. The van der Waals surface area contributed by atoms with Gasteiger partial charge in [-0.15, -0.1) is 0 Å². The number of rotatable bonds is 5. The zero-order chi connectivity index (χ0) is 41.4. The van der Waals surface area contributed by atoms with Crippen molar-refractivity contribution >= 4 is 50.2 Å². The Hall–Kier alpha value is -7.39. The molecular weight excluding hydrogens is 759 g/mol. The normalized spacial score (nSPS) is 14.6. The minimum absolute atomic E-state index is 0.0147. The van der Waals surface area contributed by atoms with E-state index in [9.17, 15) is 0 Å². The molecule has 4 aliphatic rings. The summed E-state index contributed by atoms with van der Waals surface area (Å²) in [7, 11) is 0. The Bertz CT molecular complexity index is 3110. The summed E-state index contributed by atoms with van der Waals surface area (Å²) in [5.74, 6) is 6.84. The van der Waals surface area contributed by atoms with Crippen molar-refractivity contribution in [2.24, 2.45) is 0 Å². The second-order valence-corrected chi connectivity index (χ2v) is 18.3. The van der Waals surface area contributed by atoms with Crippen molar-refractivity contribution in [3.8, 4) is 51.8 Å². The summed E-state index contributed by atoms with van der Waals surface area (Å²) < 4.78 is 28.4. The van der Waals surface area contributed by atoms with Crippen LogP contribution in [0.2, 0.25) is 0 Å². The first-order chi connectivity index (χ1) is 29.4. The Morgan fingerprint density at radius 2 is 1.10 bits per heavy atom. The van der Waals surface area contributed by atoms with Crippen LogP contribution in [-0.4, -0.2) is 16.2 Å². The van der Waals surface area contributed by atoms with E-state index in [0.29, 0.717) is 6.67 Å². The van der Waals surface area contributed by atoms with Gasteiger partial charge in [0.2, 0.25) is 0 Å². The number of benzene rings is 6. The lowest BCUT2D eigenvalue weighted by Crippen LogP contribution is -2.26. The van der Waals surface area contributed by atoms with E-state index in [1.165, 1.54) is 16.5 Å². The topological polar surface area (TPSA) is 64.5 Å². The van der Waals surface area contributed by atoms with Gasteiger partial charge in [0.25, 0.3) is 0 Å². The molecule has 8 aromatic rings. The molecule has 9 heteroatoms. The molecule has 2 aromatic heterocycles. The summed E-state index contributed by atoms with van der Waals surface area (Å²) in [6, 6.07) is 41.8. The lowest BCUT2D eigenvalue weighted by atomic mass is 9.86. The highest BCUT2D eigenvalue weighted by molar-refractivity contribution is 6.10. The molecule has 6 aromatic carbocycles. The number of pyridine rings is 1. The van der Waals surface area contributed by atoms with Gasteiger partial charge in [0.15, 0.2) is 34.5 Å². The fourth-order valence-corrected chi connectivity index (χ4v) is 8.98. The number of hydrogen-bond donors (Lipinski definition) is 0. The van der Waals surface area contributed by atoms with Crippen molar-refractivity contribution < 1.29 is 18.9 Å². The Labute approximate surface area is 354 Å². The molecule has 0 saturated carbocycles. The molecule has 61 heavy (non-hydrogen) atoms. The molecule has 6 heterocycles. The van der Waals surface area contributed by atoms with Gasteiger partial charge in [-0.3, -0.25) is 9.47 Å². The Balaban J connectivity index is 0.852. The van der Waals surface area contributed by atoms with Gasteiger partial charge in [-0.2, -0.15) is 0 Å². The number of fused-ring (bicyclic) bond motifs is 3. The third-order valence-corrected chi connectivity index (χ3v) is 12.2. The van der Waals surface area contributed by atoms with Crippen molar-refractivity contribution in [2.45, 2.75) is 52.4 Å². The average molecular weight is 802 g/mol. The highest BCUT2D eigenvalue weighted by atomic mass is 16.5. The summed E-state index contributed by atoms with van der Waals surface area (Å²) in [5, 5.41) is 2.36. The van der Waals surface area contributed by atoms with Crippen LogP contribution in [0.4, 0.5) is 28.4 Å². The maximum Gasteiger partial charge on any atom is 0.157 e. The van der Waals surface area contributed by atoms with Gasteiger partial charge >= 0.3 is 0 Å². The molecule has 9 nitrogen and oxygen atoms in total. The molecule has 4 aliphatic heterocycles. The van der Waals surface area contributed by atoms with E-state index in [1.54, 1.807) is 0 Å². The number of aromatic nitrogens is 2. The van der Waals surface area contributed by atoms with Crippen LogP contribution in [-0.2, 0) is 10.8 Å². The van der Waals surface area contributed by atoms with Crippen molar-refractivity contribution in [1.29, 1.82) is 0 Å². The maximum absolute atomic E-state index is 6.68. The molecule has 0 radical (unpaired) electrons. The van der Waals surface area contributed by atoms with Gasteiger partial charge in [-0.1, -0.05) is 65.8 Å². The zero-order valence-corrected chi connectivity index (χ0v) is 34.9. The van der Waals surface area contributed by atoms with Crippen LogP contribution in [0.5, 0.6) is 46.0 Å². The molecule has 0 N–H and O–H groups in total. The minimum atomic E-state index is -0.0189. The molecule has 12 rings (SSSR count). The van der Waals surface area contributed by atoms with Crippen molar-refractivity contribution in [2.75, 3.05) is 21.4 Å². The van der Waals surface area contributed by atoms with Gasteiger partial charge in [-0.05, 0) is 94.8 Å². The van der Waals surface area contributed by atoms with Crippen LogP contribution in [0, 0.1) is 0 Å². The van der Waals surface area contributed by atoms with Crippen LogP contribution < -0.4 is 33.6 Å². The predicted molar refractivity (Wildman–Crippen MR) is 243 cm³/mol. The maximum atomic E-state index is 6.68. The highest BCUT2D eigenvalue weighted by Crippen LogP contribution is 2.67. The molecular formula is C52H43N5O4. The van der Waals surface area contributed by atoms with E-state index >= 15 is 0 Å². The molecule has 0 unspecified atom stereocenters. The molecule has 0 aliphatic carbocycles. The smallest absolute Gasteiger partial charge is 0.157 e. The standard InChI is InChI=1S/C52H43N5O4/c1-51(2,3)31-16-19-39-38(24-31)37-18-17-36(29-40(37)56(39)47-25-32(20-21-53-47)52(4,5)6)58-35-11-7-10-33(26-35)54-22-23-55(30-54)34-27-45-50-46(28-34)61-44-15-9-13-42-49(44)57(50)48-41(59-42)12-8-14-43(48)60-45/h7-29H,30H2,1-6H3. The molecule has 0 fully saturated rings. The van der Waals surface area contributed by atoms with Gasteiger partial charge in [0.05, 0.1) is 17.7 Å². The second kappa shape index (κ2) is 12.6. The lowest BCUT2D eigenvalue weighted by molar-refractivity contribution is 0.418. The Kier molecular flexibility index (Phi) is 7.32. The van der Waals surface area contributed by atoms with Crippen molar-refractivity contribution in [3.63, 3.8) is 0 Å². The van der Waals surface area contributed by atoms with Gasteiger partial charge in [-0.25, -0.2) is 4.98 Å². The summed E-state index contributed by atoms with van der Waals surface area (Å²) in [5.41, 5.74) is 9.30. The van der Waals surface area contributed by atoms with E-state index in [2.05, 4.69) is 146 Å². The average Bonchev–Trinajstić information content (AvgIpc) is 3.87. The van der Waals surface area contributed by atoms with E-state index in [4.69, 9.17) is 23.9 Å².